The fraction of sp³-hybridized carbons (Fsp3) is 0.122. The van der Waals surface area contributed by atoms with E-state index in [9.17, 15) is 0 Å². The second-order valence-corrected chi connectivity index (χ2v) is 12.4. The number of hydrogen-bond donors (Lipinski definition) is 3. The Balaban J connectivity index is 1.13. The summed E-state index contributed by atoms with van der Waals surface area (Å²) in [7, 11) is 0. The van der Waals surface area contributed by atoms with Gasteiger partial charge < -0.3 is 20.2 Å². The molecule has 224 valence electrons. The van der Waals surface area contributed by atoms with Gasteiger partial charge >= 0.3 is 0 Å². The van der Waals surface area contributed by atoms with Crippen LogP contribution in [0.5, 0.6) is 0 Å². The van der Waals surface area contributed by atoms with Crippen molar-refractivity contribution in [3.05, 3.63) is 150 Å². The molecular formula is C41H35N5. The number of benzene rings is 5. The van der Waals surface area contributed by atoms with Crippen LogP contribution in [0.25, 0.3) is 61.1 Å². The molecule has 2 aromatic heterocycles. The zero-order chi connectivity index (χ0) is 30.6. The molecule has 5 aromatic carbocycles. The fourth-order valence-corrected chi connectivity index (χ4v) is 7.43. The first-order chi connectivity index (χ1) is 22.7. The van der Waals surface area contributed by atoms with Gasteiger partial charge in [-0.15, -0.1) is 0 Å². The van der Waals surface area contributed by atoms with Crippen LogP contribution in [0.1, 0.15) is 29.3 Å². The van der Waals surface area contributed by atoms with Crippen LogP contribution in [0.2, 0.25) is 0 Å². The Hall–Kier alpha value is -5.36. The first-order valence-electron chi connectivity index (χ1n) is 16.2. The van der Waals surface area contributed by atoms with Gasteiger partial charge in [0.15, 0.2) is 0 Å². The van der Waals surface area contributed by atoms with Gasteiger partial charge in [-0.25, -0.2) is 0 Å². The van der Waals surface area contributed by atoms with Crippen molar-refractivity contribution >= 4 is 55.4 Å². The summed E-state index contributed by atoms with van der Waals surface area (Å²) < 4.78 is 4.83. The quantitative estimate of drug-likeness (QED) is 0.169. The zero-order valence-corrected chi connectivity index (χ0v) is 25.6. The molecule has 0 saturated heterocycles. The predicted octanol–water partition coefficient (Wildman–Crippen LogP) is 8.43. The summed E-state index contributed by atoms with van der Waals surface area (Å²) in [6.45, 7) is 1.40. The van der Waals surface area contributed by atoms with E-state index >= 15 is 0 Å². The summed E-state index contributed by atoms with van der Waals surface area (Å²) in [5, 5.41) is 12.2. The molecule has 1 aliphatic carbocycles. The smallest absolute Gasteiger partial charge is 0.0812 e. The summed E-state index contributed by atoms with van der Waals surface area (Å²) in [6.07, 6.45) is 10.8. The van der Waals surface area contributed by atoms with Crippen LogP contribution in [0, 0.1) is 0 Å². The maximum atomic E-state index is 6.67. The standard InChI is InChI=1S/C41H35N5/c42-41(30-19-18-28-10-4-5-11-29(28)21-30)44-25-27-20-32(26-43-24-27)46-38-17-9-7-15-34(38)36-22-35-33-14-6-8-16-37(33)45(39(35)23-40(36)46)31-12-2-1-3-13-31/h1-4,6-10,12-24,41,43-44H,5,11,25-26,42H2. The van der Waals surface area contributed by atoms with E-state index < -0.39 is 0 Å². The normalized spacial score (nSPS) is 15.2. The molecule has 0 radical (unpaired) electrons. The average Bonchev–Trinajstić information content (AvgIpc) is 3.62. The number of rotatable bonds is 6. The Morgan fingerprint density at radius 3 is 2.24 bits per heavy atom. The minimum absolute atomic E-state index is 0.239. The number of allylic oxidation sites excluding steroid dienone is 1. The van der Waals surface area contributed by atoms with Crippen molar-refractivity contribution in [2.45, 2.75) is 19.0 Å². The molecule has 46 heavy (non-hydrogen) atoms. The maximum absolute atomic E-state index is 6.67. The molecule has 0 saturated carbocycles. The van der Waals surface area contributed by atoms with Gasteiger partial charge in [0, 0.05) is 45.7 Å². The van der Waals surface area contributed by atoms with E-state index in [1.165, 1.54) is 66.0 Å². The Morgan fingerprint density at radius 2 is 1.43 bits per heavy atom. The summed E-state index contributed by atoms with van der Waals surface area (Å²) in [5.41, 5.74) is 18.9. The van der Waals surface area contributed by atoms with Crippen LogP contribution >= 0.6 is 0 Å². The van der Waals surface area contributed by atoms with E-state index in [1.807, 2.05) is 0 Å². The number of hydrogen-bond acceptors (Lipinski definition) is 3. The Bertz CT molecular complexity index is 2390. The molecule has 9 rings (SSSR count). The number of aromatic nitrogens is 2. The molecule has 0 spiro atoms. The SMILES string of the molecule is NC(NCC1=CNCC(n2c3ccccc3c3cc4c5ccccc5n(-c5ccccc5)c4cc32)=C1)c1ccc2c(c1)CCC=C2. The highest BCUT2D eigenvalue weighted by Gasteiger charge is 2.20. The minimum atomic E-state index is -0.239. The molecule has 0 bridgehead atoms. The van der Waals surface area contributed by atoms with E-state index in [2.05, 4.69) is 153 Å². The molecule has 5 heteroatoms. The number of nitrogens with one attached hydrogen (secondary N) is 2. The second-order valence-electron chi connectivity index (χ2n) is 12.4. The summed E-state index contributed by atoms with van der Waals surface area (Å²) in [6, 6.07) is 39.6. The molecule has 1 aliphatic heterocycles. The zero-order valence-electron chi connectivity index (χ0n) is 25.6. The summed E-state index contributed by atoms with van der Waals surface area (Å²) in [4.78, 5) is 0. The molecule has 2 aliphatic rings. The number of fused-ring (bicyclic) bond motifs is 7. The lowest BCUT2D eigenvalue weighted by Gasteiger charge is -2.21. The fourth-order valence-electron chi connectivity index (χ4n) is 7.43. The highest BCUT2D eigenvalue weighted by atomic mass is 15.1. The van der Waals surface area contributed by atoms with Crippen molar-refractivity contribution in [1.29, 1.82) is 0 Å². The lowest BCUT2D eigenvalue weighted by molar-refractivity contribution is 0.582. The van der Waals surface area contributed by atoms with Crippen LogP contribution in [0.3, 0.4) is 0 Å². The average molecular weight is 598 g/mol. The molecule has 4 N–H and O–H groups in total. The van der Waals surface area contributed by atoms with Gasteiger partial charge in [0.05, 0.1) is 34.8 Å². The Morgan fingerprint density at radius 1 is 0.717 bits per heavy atom. The third-order valence-electron chi connectivity index (χ3n) is 9.62. The monoisotopic (exact) mass is 597 g/mol. The topological polar surface area (TPSA) is 59.9 Å². The van der Waals surface area contributed by atoms with E-state index in [-0.39, 0.29) is 6.17 Å². The van der Waals surface area contributed by atoms with Crippen molar-refractivity contribution in [3.63, 3.8) is 0 Å². The summed E-state index contributed by atoms with van der Waals surface area (Å²) >= 11 is 0. The van der Waals surface area contributed by atoms with Crippen molar-refractivity contribution in [2.75, 3.05) is 13.1 Å². The molecule has 0 amide bonds. The Kier molecular flexibility index (Phi) is 6.40. The lowest BCUT2D eigenvalue weighted by atomic mass is 9.95. The van der Waals surface area contributed by atoms with Gasteiger partial charge in [-0.2, -0.15) is 0 Å². The second kappa shape index (κ2) is 10.9. The predicted molar refractivity (Wildman–Crippen MR) is 193 cm³/mol. The highest BCUT2D eigenvalue weighted by Crippen LogP contribution is 2.39. The molecule has 7 aromatic rings. The van der Waals surface area contributed by atoms with Crippen molar-refractivity contribution < 1.29 is 0 Å². The number of nitrogens with zero attached hydrogens (tertiary/aromatic N) is 2. The number of dihydropyridines is 1. The Labute approximate surface area is 267 Å². The highest BCUT2D eigenvalue weighted by molar-refractivity contribution is 6.19. The van der Waals surface area contributed by atoms with E-state index in [0.29, 0.717) is 6.54 Å². The van der Waals surface area contributed by atoms with Gasteiger partial charge in [-0.3, -0.25) is 5.32 Å². The van der Waals surface area contributed by atoms with Crippen molar-refractivity contribution in [2.24, 2.45) is 5.73 Å². The van der Waals surface area contributed by atoms with E-state index in [1.54, 1.807) is 0 Å². The van der Waals surface area contributed by atoms with Gasteiger partial charge in [0.25, 0.3) is 0 Å². The van der Waals surface area contributed by atoms with Crippen molar-refractivity contribution in [1.82, 2.24) is 19.8 Å². The number of para-hydroxylation sites is 3. The van der Waals surface area contributed by atoms with Gasteiger partial charge in [0.2, 0.25) is 0 Å². The summed E-state index contributed by atoms with van der Waals surface area (Å²) in [5.74, 6) is 0. The van der Waals surface area contributed by atoms with Crippen molar-refractivity contribution in [3.8, 4) is 5.69 Å². The molecule has 3 heterocycles. The van der Waals surface area contributed by atoms with Crippen LogP contribution in [0.15, 0.2) is 133 Å². The third-order valence-corrected chi connectivity index (χ3v) is 9.62. The number of aryl methyl sites for hydroxylation is 1. The molecule has 1 unspecified atom stereocenters. The van der Waals surface area contributed by atoms with Gasteiger partial charge in [-0.1, -0.05) is 84.9 Å². The van der Waals surface area contributed by atoms with Crippen LogP contribution < -0.4 is 16.4 Å². The number of nitrogens with two attached hydrogens (primary N) is 1. The third kappa shape index (κ3) is 4.39. The minimum Gasteiger partial charge on any atom is -0.385 e. The first kappa shape index (κ1) is 27.0. The molecular weight excluding hydrogens is 562 g/mol. The lowest BCUT2D eigenvalue weighted by Crippen LogP contribution is -2.31. The van der Waals surface area contributed by atoms with Crippen LogP contribution in [-0.2, 0) is 6.42 Å². The molecule has 1 atom stereocenters. The molecule has 5 nitrogen and oxygen atoms in total. The maximum Gasteiger partial charge on any atom is 0.0812 e. The van der Waals surface area contributed by atoms with Crippen LogP contribution in [-0.4, -0.2) is 22.2 Å². The van der Waals surface area contributed by atoms with Gasteiger partial charge in [0.1, 0.15) is 0 Å². The van der Waals surface area contributed by atoms with E-state index in [4.69, 9.17) is 5.73 Å². The molecule has 0 fully saturated rings. The van der Waals surface area contributed by atoms with Crippen LogP contribution in [0.4, 0.5) is 0 Å². The van der Waals surface area contributed by atoms with E-state index in [0.717, 1.165) is 30.6 Å². The largest absolute Gasteiger partial charge is 0.385 e. The first-order valence-corrected chi connectivity index (χ1v) is 16.2. The van der Waals surface area contributed by atoms with Gasteiger partial charge in [-0.05, 0) is 77.6 Å².